The summed E-state index contributed by atoms with van der Waals surface area (Å²) in [7, 11) is 0. The summed E-state index contributed by atoms with van der Waals surface area (Å²) < 4.78 is 0. The molecule has 0 unspecified atom stereocenters. The predicted octanol–water partition coefficient (Wildman–Crippen LogP) is 1.55. The number of aromatic amines is 2. The predicted molar refractivity (Wildman–Crippen MR) is 83.8 cm³/mol. The lowest BCUT2D eigenvalue weighted by atomic mass is 10.1. The number of nitrogens with one attached hydrogen (secondary N) is 2. The highest BCUT2D eigenvalue weighted by Gasteiger charge is 2.13. The number of benzene rings is 2. The van der Waals surface area contributed by atoms with Crippen molar-refractivity contribution < 1.29 is 15.0 Å². The van der Waals surface area contributed by atoms with Crippen LogP contribution in [0.15, 0.2) is 56.2 Å². The quantitative estimate of drug-likeness (QED) is 0.527. The van der Waals surface area contributed by atoms with Gasteiger partial charge in [-0.15, -0.1) is 10.2 Å². The topological polar surface area (TPSA) is 148 Å². The summed E-state index contributed by atoms with van der Waals surface area (Å²) in [5.41, 5.74) is -2.66. The molecular weight excluding hydrogens is 316 g/mol. The lowest BCUT2D eigenvalue weighted by molar-refractivity contribution is 0.0992. The van der Waals surface area contributed by atoms with Gasteiger partial charge in [0.15, 0.2) is 0 Å². The molecule has 2 aromatic carbocycles. The van der Waals surface area contributed by atoms with E-state index in [2.05, 4.69) is 10.2 Å². The highest BCUT2D eigenvalue weighted by Crippen LogP contribution is 2.26. The van der Waals surface area contributed by atoms with Gasteiger partial charge in [-0.25, -0.2) is 4.79 Å². The van der Waals surface area contributed by atoms with Crippen molar-refractivity contribution in [1.29, 1.82) is 0 Å². The van der Waals surface area contributed by atoms with Crippen LogP contribution in [0.4, 0.5) is 5.69 Å². The van der Waals surface area contributed by atoms with Crippen LogP contribution in [0.5, 0.6) is 11.6 Å². The third-order valence-corrected chi connectivity index (χ3v) is 3.23. The number of H-pyrrole nitrogens is 2. The summed E-state index contributed by atoms with van der Waals surface area (Å²) in [5.74, 6) is -2.02. The van der Waals surface area contributed by atoms with Crippen LogP contribution in [0.2, 0.25) is 0 Å². The fourth-order valence-corrected chi connectivity index (χ4v) is 2.11. The monoisotopic (exact) mass is 326 g/mol. The summed E-state index contributed by atoms with van der Waals surface area (Å²) in [6, 6.07) is 9.91. The normalized spacial score (nSPS) is 11.2. The fourth-order valence-electron chi connectivity index (χ4n) is 2.11. The summed E-state index contributed by atoms with van der Waals surface area (Å²) in [6.07, 6.45) is 0. The number of aromatic hydroxyl groups is 2. The Kier molecular flexibility index (Phi) is 3.66. The maximum absolute atomic E-state index is 12.1. The zero-order valence-corrected chi connectivity index (χ0v) is 12.0. The van der Waals surface area contributed by atoms with Crippen molar-refractivity contribution in [2.24, 2.45) is 10.2 Å². The molecule has 0 bridgehead atoms. The molecule has 120 valence electrons. The Morgan fingerprint density at radius 3 is 2.33 bits per heavy atom. The van der Waals surface area contributed by atoms with Crippen LogP contribution in [-0.4, -0.2) is 26.1 Å². The molecule has 0 aliphatic heterocycles. The molecule has 0 saturated heterocycles. The number of carbonyl (C=O) groups excluding carboxylic acids is 1. The van der Waals surface area contributed by atoms with E-state index in [0.717, 1.165) is 5.39 Å². The highest BCUT2D eigenvalue weighted by molar-refractivity contribution is 6.01. The smallest absolute Gasteiger partial charge is 0.328 e. The molecule has 1 heterocycles. The lowest BCUT2D eigenvalue weighted by Crippen LogP contribution is -2.21. The van der Waals surface area contributed by atoms with E-state index in [1.165, 1.54) is 12.1 Å². The Hall–Kier alpha value is -3.75. The van der Waals surface area contributed by atoms with Gasteiger partial charge in [-0.05, 0) is 22.9 Å². The van der Waals surface area contributed by atoms with E-state index in [-0.39, 0.29) is 11.3 Å². The summed E-state index contributed by atoms with van der Waals surface area (Å²) in [6.45, 7) is 0. The molecule has 9 heteroatoms. The number of azo groups is 1. The van der Waals surface area contributed by atoms with Crippen LogP contribution in [0.3, 0.4) is 0 Å². The van der Waals surface area contributed by atoms with E-state index >= 15 is 0 Å². The molecular formula is C15H10N4O5. The number of amides is 1. The minimum absolute atomic E-state index is 0.113. The highest BCUT2D eigenvalue weighted by atomic mass is 16.3. The van der Waals surface area contributed by atoms with Gasteiger partial charge in [-0.2, -0.15) is 0 Å². The molecule has 4 N–H and O–H groups in total. The van der Waals surface area contributed by atoms with Crippen molar-refractivity contribution in [1.82, 2.24) is 9.97 Å². The van der Waals surface area contributed by atoms with Crippen molar-refractivity contribution in [3.05, 3.63) is 62.8 Å². The van der Waals surface area contributed by atoms with Crippen molar-refractivity contribution >= 4 is 22.4 Å². The van der Waals surface area contributed by atoms with Gasteiger partial charge >= 0.3 is 5.69 Å². The van der Waals surface area contributed by atoms with Gasteiger partial charge in [0.1, 0.15) is 5.75 Å². The van der Waals surface area contributed by atoms with Gasteiger partial charge in [0.25, 0.3) is 11.5 Å². The van der Waals surface area contributed by atoms with Crippen molar-refractivity contribution in [2.75, 3.05) is 0 Å². The summed E-state index contributed by atoms with van der Waals surface area (Å²) >= 11 is 0. The second kappa shape index (κ2) is 5.80. The van der Waals surface area contributed by atoms with Crippen LogP contribution in [0.1, 0.15) is 10.4 Å². The molecule has 0 aliphatic carbocycles. The molecule has 3 aromatic rings. The van der Waals surface area contributed by atoms with E-state index in [1.54, 1.807) is 24.3 Å². The number of carbonyl (C=O) groups is 1. The zero-order valence-electron chi connectivity index (χ0n) is 12.0. The van der Waals surface area contributed by atoms with E-state index in [1.807, 2.05) is 9.97 Å². The molecule has 0 aliphatic rings. The van der Waals surface area contributed by atoms with Crippen molar-refractivity contribution in [3.63, 3.8) is 0 Å². The van der Waals surface area contributed by atoms with E-state index in [9.17, 15) is 24.6 Å². The molecule has 1 amide bonds. The Morgan fingerprint density at radius 2 is 1.67 bits per heavy atom. The molecule has 0 spiro atoms. The number of hydrogen-bond donors (Lipinski definition) is 4. The molecule has 0 atom stereocenters. The van der Waals surface area contributed by atoms with Crippen molar-refractivity contribution in [3.8, 4) is 11.6 Å². The van der Waals surface area contributed by atoms with Crippen LogP contribution < -0.4 is 11.2 Å². The number of hydrogen-bond acceptors (Lipinski definition) is 6. The van der Waals surface area contributed by atoms with E-state index < -0.39 is 28.7 Å². The maximum atomic E-state index is 12.1. The van der Waals surface area contributed by atoms with Gasteiger partial charge in [-0.3, -0.25) is 19.6 Å². The van der Waals surface area contributed by atoms with Gasteiger partial charge < -0.3 is 10.2 Å². The number of phenols is 1. The molecule has 24 heavy (non-hydrogen) atoms. The molecule has 9 nitrogen and oxygen atoms in total. The Morgan fingerprint density at radius 1 is 1.00 bits per heavy atom. The minimum Gasteiger partial charge on any atom is -0.507 e. The second-order valence-electron chi connectivity index (χ2n) is 4.83. The summed E-state index contributed by atoms with van der Waals surface area (Å²) in [4.78, 5) is 38.3. The summed E-state index contributed by atoms with van der Waals surface area (Å²) in [5, 5.41) is 27.5. The van der Waals surface area contributed by atoms with Gasteiger partial charge in [-0.1, -0.05) is 24.3 Å². The van der Waals surface area contributed by atoms with Gasteiger partial charge in [0.2, 0.25) is 11.6 Å². The largest absolute Gasteiger partial charge is 0.507 e. The Balaban J connectivity index is 2.00. The van der Waals surface area contributed by atoms with Crippen LogP contribution in [0, 0.1) is 0 Å². The molecule has 0 fully saturated rings. The van der Waals surface area contributed by atoms with Crippen LogP contribution in [0.25, 0.3) is 10.8 Å². The lowest BCUT2D eigenvalue weighted by Gasteiger charge is -2.03. The third kappa shape index (κ3) is 2.77. The number of fused-ring (bicyclic) bond motifs is 1. The zero-order chi connectivity index (χ0) is 17.3. The molecule has 1 aromatic heterocycles. The number of aromatic nitrogens is 2. The number of phenolic OH excluding ortho intramolecular Hbond substituents is 1. The molecule has 0 saturated carbocycles. The molecule has 3 rings (SSSR count). The first-order valence-electron chi connectivity index (χ1n) is 6.69. The Labute approximate surface area is 132 Å². The first-order chi connectivity index (χ1) is 11.5. The van der Waals surface area contributed by atoms with Crippen LogP contribution in [-0.2, 0) is 0 Å². The molecule has 0 radical (unpaired) electrons. The second-order valence-corrected chi connectivity index (χ2v) is 4.83. The maximum Gasteiger partial charge on any atom is 0.328 e. The van der Waals surface area contributed by atoms with Crippen molar-refractivity contribution in [2.45, 2.75) is 0 Å². The van der Waals surface area contributed by atoms with Crippen LogP contribution >= 0.6 is 0 Å². The standard InChI is InChI=1S/C15H10N4O5/c20-10-6-8-4-2-1-3-7(8)5-9(10)12(21)19-18-11-13(22)16-15(24)17-14(11)23/h1-6,20H,(H3,16,17,22,23,24). The van der Waals surface area contributed by atoms with E-state index in [0.29, 0.717) is 5.39 Å². The first kappa shape index (κ1) is 15.2. The first-order valence-corrected chi connectivity index (χ1v) is 6.69. The third-order valence-electron chi connectivity index (χ3n) is 3.23. The average molecular weight is 326 g/mol. The SMILES string of the molecule is O=C(N=Nc1c(O)[nH]c(=O)[nH]c1=O)c1cc2ccccc2cc1O. The minimum atomic E-state index is -1.00. The van der Waals surface area contributed by atoms with Gasteiger partial charge in [0.05, 0.1) is 5.56 Å². The Bertz CT molecular complexity index is 1100. The van der Waals surface area contributed by atoms with E-state index in [4.69, 9.17) is 0 Å². The number of rotatable bonds is 2. The average Bonchev–Trinajstić information content (AvgIpc) is 2.53. The number of nitrogens with zero attached hydrogens (tertiary/aromatic N) is 2. The van der Waals surface area contributed by atoms with Gasteiger partial charge in [0, 0.05) is 0 Å². The fraction of sp³-hybridized carbons (Fsp3) is 0.